The lowest BCUT2D eigenvalue weighted by molar-refractivity contribution is 0.165. The lowest BCUT2D eigenvalue weighted by Crippen LogP contribution is -2.33. The summed E-state index contributed by atoms with van der Waals surface area (Å²) in [5.74, 6) is 0.659. The zero-order valence-electron chi connectivity index (χ0n) is 9.69. The van der Waals surface area contributed by atoms with E-state index in [1.54, 1.807) is 12.1 Å². The fraction of sp³-hybridized carbons (Fsp3) is 0.500. The summed E-state index contributed by atoms with van der Waals surface area (Å²) in [5.41, 5.74) is 0. The largest absolute Gasteiger partial charge is 0.395 e. The molecule has 0 fully saturated rings. The van der Waals surface area contributed by atoms with Crippen molar-refractivity contribution in [3.8, 4) is 0 Å². The quantitative estimate of drug-likeness (QED) is 0.775. The van der Waals surface area contributed by atoms with Crippen LogP contribution >= 0.6 is 11.8 Å². The molecule has 0 amide bonds. The molecule has 0 radical (unpaired) electrons. The van der Waals surface area contributed by atoms with Crippen molar-refractivity contribution < 1.29 is 9.50 Å². The normalized spacial score (nSPS) is 13.1. The Balaban J connectivity index is 2.33. The van der Waals surface area contributed by atoms with Gasteiger partial charge in [0.2, 0.25) is 0 Å². The van der Waals surface area contributed by atoms with E-state index >= 15 is 0 Å². The van der Waals surface area contributed by atoms with Crippen molar-refractivity contribution in [2.24, 2.45) is 0 Å². The van der Waals surface area contributed by atoms with Crippen LogP contribution in [0.25, 0.3) is 0 Å². The minimum atomic E-state index is -0.162. The topological polar surface area (TPSA) is 23.5 Å². The molecular formula is C12H18FNOS. The Morgan fingerprint density at radius 2 is 2.12 bits per heavy atom. The van der Waals surface area contributed by atoms with Crippen LogP contribution in [0.3, 0.4) is 0 Å². The summed E-state index contributed by atoms with van der Waals surface area (Å²) in [6.45, 7) is 2.95. The van der Waals surface area contributed by atoms with Gasteiger partial charge in [0.1, 0.15) is 5.82 Å². The van der Waals surface area contributed by atoms with Crippen LogP contribution in [-0.2, 0) is 0 Å². The van der Waals surface area contributed by atoms with Gasteiger partial charge in [0.25, 0.3) is 0 Å². The van der Waals surface area contributed by atoms with E-state index in [0.29, 0.717) is 4.90 Å². The summed E-state index contributed by atoms with van der Waals surface area (Å²) in [5, 5.41) is 8.96. The first-order valence-electron chi connectivity index (χ1n) is 5.33. The molecule has 0 aromatic heterocycles. The Bertz CT molecular complexity index is 322. The molecule has 0 spiro atoms. The number of rotatable bonds is 6. The van der Waals surface area contributed by atoms with Gasteiger partial charge in [-0.05, 0) is 26.1 Å². The molecule has 1 N–H and O–H groups in total. The van der Waals surface area contributed by atoms with Gasteiger partial charge >= 0.3 is 0 Å². The standard InChI is InChI=1S/C12H18FNOS/c1-10(9-15)14(2)7-8-16-12-6-4-3-5-11(12)13/h3-6,10,15H,7-9H2,1-2H3. The van der Waals surface area contributed by atoms with Crippen molar-refractivity contribution in [3.05, 3.63) is 30.1 Å². The van der Waals surface area contributed by atoms with E-state index in [1.807, 2.05) is 20.0 Å². The monoisotopic (exact) mass is 243 g/mol. The molecule has 0 saturated carbocycles. The van der Waals surface area contributed by atoms with Crippen molar-refractivity contribution >= 4 is 11.8 Å². The average molecular weight is 243 g/mol. The van der Waals surface area contributed by atoms with Crippen LogP contribution in [0, 0.1) is 5.82 Å². The van der Waals surface area contributed by atoms with Crippen molar-refractivity contribution in [2.45, 2.75) is 17.9 Å². The van der Waals surface area contributed by atoms with Gasteiger partial charge in [-0.1, -0.05) is 12.1 Å². The van der Waals surface area contributed by atoms with E-state index in [1.165, 1.54) is 17.8 Å². The van der Waals surface area contributed by atoms with Crippen LogP contribution in [0.5, 0.6) is 0 Å². The maximum Gasteiger partial charge on any atom is 0.136 e. The lowest BCUT2D eigenvalue weighted by atomic mass is 10.3. The van der Waals surface area contributed by atoms with Gasteiger partial charge in [-0.25, -0.2) is 4.39 Å². The lowest BCUT2D eigenvalue weighted by Gasteiger charge is -2.22. The molecule has 0 aliphatic heterocycles. The molecule has 4 heteroatoms. The van der Waals surface area contributed by atoms with E-state index in [9.17, 15) is 4.39 Å². The Hall–Kier alpha value is -0.580. The molecule has 16 heavy (non-hydrogen) atoms. The maximum atomic E-state index is 13.3. The second-order valence-corrected chi connectivity index (χ2v) is 4.93. The molecule has 0 bridgehead atoms. The second kappa shape index (κ2) is 6.89. The van der Waals surface area contributed by atoms with Gasteiger partial charge in [-0.2, -0.15) is 0 Å². The summed E-state index contributed by atoms with van der Waals surface area (Å²) in [6, 6.07) is 6.95. The number of thioether (sulfide) groups is 1. The average Bonchev–Trinajstić information content (AvgIpc) is 2.30. The van der Waals surface area contributed by atoms with Crippen molar-refractivity contribution in [2.75, 3.05) is 26.0 Å². The number of aliphatic hydroxyl groups excluding tert-OH is 1. The highest BCUT2D eigenvalue weighted by Gasteiger charge is 2.07. The summed E-state index contributed by atoms with van der Waals surface area (Å²) in [7, 11) is 1.96. The summed E-state index contributed by atoms with van der Waals surface area (Å²) < 4.78 is 13.3. The Morgan fingerprint density at radius 1 is 1.44 bits per heavy atom. The molecule has 1 aromatic carbocycles. The third-order valence-corrected chi connectivity index (χ3v) is 3.58. The van der Waals surface area contributed by atoms with Gasteiger partial charge in [0.15, 0.2) is 0 Å². The van der Waals surface area contributed by atoms with Gasteiger partial charge in [-0.3, -0.25) is 0 Å². The van der Waals surface area contributed by atoms with Gasteiger partial charge in [-0.15, -0.1) is 11.8 Å². The number of halogens is 1. The first-order chi connectivity index (χ1) is 7.65. The molecule has 0 aliphatic rings. The molecule has 0 saturated heterocycles. The molecule has 0 aliphatic carbocycles. The maximum absolute atomic E-state index is 13.3. The molecular weight excluding hydrogens is 225 g/mol. The highest BCUT2D eigenvalue weighted by Crippen LogP contribution is 2.20. The fourth-order valence-electron chi connectivity index (χ4n) is 1.22. The summed E-state index contributed by atoms with van der Waals surface area (Å²) in [6.07, 6.45) is 0. The predicted octanol–water partition coefficient (Wildman–Crippen LogP) is 2.23. The van der Waals surface area contributed by atoms with Crippen molar-refractivity contribution in [3.63, 3.8) is 0 Å². The number of hydrogen-bond acceptors (Lipinski definition) is 3. The predicted molar refractivity (Wildman–Crippen MR) is 66.3 cm³/mol. The second-order valence-electron chi connectivity index (χ2n) is 3.79. The molecule has 1 rings (SSSR count). The molecule has 1 unspecified atom stereocenters. The highest BCUT2D eigenvalue weighted by molar-refractivity contribution is 7.99. The van der Waals surface area contributed by atoms with Crippen LogP contribution in [0.15, 0.2) is 29.2 Å². The van der Waals surface area contributed by atoms with Gasteiger partial charge < -0.3 is 10.0 Å². The first-order valence-corrected chi connectivity index (χ1v) is 6.32. The third kappa shape index (κ3) is 4.12. The smallest absolute Gasteiger partial charge is 0.136 e. The zero-order valence-corrected chi connectivity index (χ0v) is 10.5. The number of aliphatic hydroxyl groups is 1. The van der Waals surface area contributed by atoms with E-state index in [0.717, 1.165) is 12.3 Å². The zero-order chi connectivity index (χ0) is 12.0. The Morgan fingerprint density at radius 3 is 2.75 bits per heavy atom. The fourth-order valence-corrected chi connectivity index (χ4v) is 2.20. The molecule has 2 nitrogen and oxygen atoms in total. The molecule has 0 heterocycles. The van der Waals surface area contributed by atoms with Crippen LogP contribution < -0.4 is 0 Å². The summed E-state index contributed by atoms with van der Waals surface area (Å²) >= 11 is 1.50. The summed E-state index contributed by atoms with van der Waals surface area (Å²) in [4.78, 5) is 2.75. The molecule has 1 atom stereocenters. The van der Waals surface area contributed by atoms with E-state index in [2.05, 4.69) is 4.90 Å². The minimum Gasteiger partial charge on any atom is -0.395 e. The van der Waals surface area contributed by atoms with Crippen LogP contribution in [-0.4, -0.2) is 42.0 Å². The molecule has 1 aromatic rings. The van der Waals surface area contributed by atoms with Crippen molar-refractivity contribution in [1.29, 1.82) is 0 Å². The molecule has 90 valence electrons. The van der Waals surface area contributed by atoms with Crippen molar-refractivity contribution in [1.82, 2.24) is 4.90 Å². The first kappa shape index (κ1) is 13.5. The minimum absolute atomic E-state index is 0.154. The van der Waals surface area contributed by atoms with E-state index in [-0.39, 0.29) is 18.5 Å². The van der Waals surface area contributed by atoms with Gasteiger partial charge in [0.05, 0.1) is 6.61 Å². The van der Waals surface area contributed by atoms with E-state index in [4.69, 9.17) is 5.11 Å². The number of likely N-dealkylation sites (N-methyl/N-ethyl adjacent to an activating group) is 1. The SMILES string of the molecule is CC(CO)N(C)CCSc1ccccc1F. The Kier molecular flexibility index (Phi) is 5.80. The van der Waals surface area contributed by atoms with Crippen LogP contribution in [0.2, 0.25) is 0 Å². The Labute approximate surface area is 100 Å². The third-order valence-electron chi connectivity index (χ3n) is 2.55. The van der Waals surface area contributed by atoms with Gasteiger partial charge in [0, 0.05) is 23.2 Å². The van der Waals surface area contributed by atoms with Crippen LogP contribution in [0.1, 0.15) is 6.92 Å². The highest BCUT2D eigenvalue weighted by atomic mass is 32.2. The number of nitrogens with zero attached hydrogens (tertiary/aromatic N) is 1. The van der Waals surface area contributed by atoms with E-state index < -0.39 is 0 Å². The number of hydrogen-bond donors (Lipinski definition) is 1. The number of benzene rings is 1. The van der Waals surface area contributed by atoms with Crippen LogP contribution in [0.4, 0.5) is 4.39 Å².